The van der Waals surface area contributed by atoms with Crippen molar-refractivity contribution < 1.29 is 9.59 Å². The summed E-state index contributed by atoms with van der Waals surface area (Å²) in [7, 11) is 1.81. The van der Waals surface area contributed by atoms with E-state index in [-0.39, 0.29) is 11.8 Å². The fourth-order valence-corrected chi connectivity index (χ4v) is 4.62. The number of amides is 2. The first-order chi connectivity index (χ1) is 14.6. The SMILES string of the molecule is CN(CCc1ccccn1)C(=O)c1ccccc1SCC(=O)NCC1CCCCC1. The number of hydrogen-bond acceptors (Lipinski definition) is 4. The van der Waals surface area contributed by atoms with Crippen LogP contribution in [0.25, 0.3) is 0 Å². The number of carbonyl (C=O) groups is 2. The summed E-state index contributed by atoms with van der Waals surface area (Å²) in [5, 5.41) is 3.07. The summed E-state index contributed by atoms with van der Waals surface area (Å²) in [6.07, 6.45) is 8.79. The Morgan fingerprint density at radius 3 is 2.63 bits per heavy atom. The van der Waals surface area contributed by atoms with Crippen LogP contribution in [0.15, 0.2) is 53.6 Å². The maximum atomic E-state index is 13.0. The number of hydrogen-bond donors (Lipinski definition) is 1. The second-order valence-electron chi connectivity index (χ2n) is 7.89. The average Bonchev–Trinajstić information content (AvgIpc) is 2.81. The molecule has 2 amide bonds. The molecule has 1 aromatic carbocycles. The van der Waals surface area contributed by atoms with Gasteiger partial charge in [0.15, 0.2) is 0 Å². The standard InChI is InChI=1S/C24H31N3O2S/c1-27(16-14-20-11-7-8-15-25-20)24(29)21-12-5-6-13-22(21)30-18-23(28)26-17-19-9-3-2-4-10-19/h5-8,11-13,15,19H,2-4,9-10,14,16-18H2,1H3,(H,26,28). The minimum absolute atomic E-state index is 0.0309. The lowest BCUT2D eigenvalue weighted by Crippen LogP contribution is -2.31. The Hall–Kier alpha value is -2.34. The highest BCUT2D eigenvalue weighted by molar-refractivity contribution is 8.00. The zero-order valence-corrected chi connectivity index (χ0v) is 18.5. The Bertz CT molecular complexity index is 822. The van der Waals surface area contributed by atoms with Crippen molar-refractivity contribution in [1.29, 1.82) is 0 Å². The predicted molar refractivity (Wildman–Crippen MR) is 122 cm³/mol. The first-order valence-corrected chi connectivity index (χ1v) is 11.8. The van der Waals surface area contributed by atoms with Crippen LogP contribution >= 0.6 is 11.8 Å². The van der Waals surface area contributed by atoms with E-state index >= 15 is 0 Å². The van der Waals surface area contributed by atoms with Crippen molar-refractivity contribution in [1.82, 2.24) is 15.2 Å². The zero-order chi connectivity index (χ0) is 21.2. The number of pyridine rings is 1. The van der Waals surface area contributed by atoms with Crippen LogP contribution in [0.5, 0.6) is 0 Å². The van der Waals surface area contributed by atoms with Gasteiger partial charge >= 0.3 is 0 Å². The van der Waals surface area contributed by atoms with Gasteiger partial charge in [0.05, 0.1) is 11.3 Å². The van der Waals surface area contributed by atoms with Crippen molar-refractivity contribution in [3.05, 3.63) is 59.9 Å². The van der Waals surface area contributed by atoms with Crippen molar-refractivity contribution in [2.75, 3.05) is 25.9 Å². The Balaban J connectivity index is 1.50. The highest BCUT2D eigenvalue weighted by atomic mass is 32.2. The van der Waals surface area contributed by atoms with Crippen molar-refractivity contribution in [2.24, 2.45) is 5.92 Å². The molecule has 0 unspecified atom stereocenters. The van der Waals surface area contributed by atoms with Gasteiger partial charge in [0.2, 0.25) is 5.91 Å². The molecule has 30 heavy (non-hydrogen) atoms. The molecule has 2 aromatic rings. The third kappa shape index (κ3) is 6.87. The molecule has 1 heterocycles. The molecule has 0 saturated heterocycles. The third-order valence-corrected chi connectivity index (χ3v) is 6.64. The summed E-state index contributed by atoms with van der Waals surface area (Å²) in [6.45, 7) is 1.37. The molecular formula is C24H31N3O2S. The van der Waals surface area contributed by atoms with Gasteiger partial charge in [-0.25, -0.2) is 0 Å². The van der Waals surface area contributed by atoms with Gasteiger partial charge < -0.3 is 10.2 Å². The quantitative estimate of drug-likeness (QED) is 0.612. The second-order valence-corrected chi connectivity index (χ2v) is 8.91. The zero-order valence-electron chi connectivity index (χ0n) is 17.7. The van der Waals surface area contributed by atoms with E-state index in [0.29, 0.717) is 30.2 Å². The van der Waals surface area contributed by atoms with Crippen LogP contribution in [0, 0.1) is 5.92 Å². The molecule has 1 fully saturated rings. The minimum Gasteiger partial charge on any atom is -0.355 e. The molecule has 1 aliphatic rings. The summed E-state index contributed by atoms with van der Waals surface area (Å²) in [6, 6.07) is 13.3. The maximum absolute atomic E-state index is 13.0. The van der Waals surface area contributed by atoms with Crippen molar-refractivity contribution in [3.8, 4) is 0 Å². The lowest BCUT2D eigenvalue weighted by atomic mass is 9.89. The molecule has 1 aliphatic carbocycles. The van der Waals surface area contributed by atoms with E-state index in [1.165, 1.54) is 43.9 Å². The smallest absolute Gasteiger partial charge is 0.254 e. The Morgan fingerprint density at radius 2 is 1.87 bits per heavy atom. The molecule has 1 aromatic heterocycles. The Kier molecular flexibility index (Phi) is 8.75. The molecule has 5 nitrogen and oxygen atoms in total. The van der Waals surface area contributed by atoms with Crippen LogP contribution in [-0.2, 0) is 11.2 Å². The molecular weight excluding hydrogens is 394 g/mol. The summed E-state index contributed by atoms with van der Waals surface area (Å²) in [4.78, 5) is 32.1. The van der Waals surface area contributed by atoms with Gasteiger partial charge in [-0.1, -0.05) is 37.5 Å². The predicted octanol–water partition coefficient (Wildman–Crippen LogP) is 4.18. The number of benzene rings is 1. The van der Waals surface area contributed by atoms with E-state index < -0.39 is 0 Å². The minimum atomic E-state index is -0.0309. The highest BCUT2D eigenvalue weighted by Gasteiger charge is 2.18. The van der Waals surface area contributed by atoms with Gasteiger partial charge in [0.25, 0.3) is 5.91 Å². The van der Waals surface area contributed by atoms with E-state index in [9.17, 15) is 9.59 Å². The fourth-order valence-electron chi connectivity index (χ4n) is 3.75. The molecule has 160 valence electrons. The summed E-state index contributed by atoms with van der Waals surface area (Å²) < 4.78 is 0. The Labute approximate surface area is 183 Å². The van der Waals surface area contributed by atoms with E-state index in [1.807, 2.05) is 49.5 Å². The number of thioether (sulfide) groups is 1. The first-order valence-electron chi connectivity index (χ1n) is 10.8. The van der Waals surface area contributed by atoms with E-state index in [4.69, 9.17) is 0 Å². The molecule has 1 saturated carbocycles. The largest absolute Gasteiger partial charge is 0.355 e. The van der Waals surface area contributed by atoms with Gasteiger partial charge in [-0.05, 0) is 43.0 Å². The first kappa shape index (κ1) is 22.3. The molecule has 0 atom stereocenters. The number of nitrogens with zero attached hydrogens (tertiary/aromatic N) is 2. The monoisotopic (exact) mass is 425 g/mol. The van der Waals surface area contributed by atoms with E-state index in [1.54, 1.807) is 11.1 Å². The normalized spacial score (nSPS) is 14.3. The molecule has 0 bridgehead atoms. The van der Waals surface area contributed by atoms with Gasteiger partial charge in [0.1, 0.15) is 0 Å². The Morgan fingerprint density at radius 1 is 1.10 bits per heavy atom. The summed E-state index contributed by atoms with van der Waals surface area (Å²) in [5.74, 6) is 0.955. The lowest BCUT2D eigenvalue weighted by molar-refractivity contribution is -0.118. The summed E-state index contributed by atoms with van der Waals surface area (Å²) >= 11 is 1.43. The van der Waals surface area contributed by atoms with Gasteiger partial charge in [-0.15, -0.1) is 11.8 Å². The van der Waals surface area contributed by atoms with E-state index in [2.05, 4.69) is 10.3 Å². The molecule has 0 radical (unpaired) electrons. The molecule has 3 rings (SSSR count). The average molecular weight is 426 g/mol. The van der Waals surface area contributed by atoms with Crippen molar-refractivity contribution in [2.45, 2.75) is 43.4 Å². The lowest BCUT2D eigenvalue weighted by Gasteiger charge is -2.21. The van der Waals surface area contributed by atoms with Gasteiger partial charge in [-0.3, -0.25) is 14.6 Å². The van der Waals surface area contributed by atoms with Crippen molar-refractivity contribution in [3.63, 3.8) is 0 Å². The number of aromatic nitrogens is 1. The van der Waals surface area contributed by atoms with Crippen LogP contribution in [0.4, 0.5) is 0 Å². The van der Waals surface area contributed by atoms with Gasteiger partial charge in [-0.2, -0.15) is 0 Å². The molecule has 6 heteroatoms. The van der Waals surface area contributed by atoms with Crippen LogP contribution in [0.3, 0.4) is 0 Å². The molecule has 1 N–H and O–H groups in total. The number of carbonyl (C=O) groups excluding carboxylic acids is 2. The highest BCUT2D eigenvalue weighted by Crippen LogP contribution is 2.25. The van der Waals surface area contributed by atoms with E-state index in [0.717, 1.165) is 17.1 Å². The topological polar surface area (TPSA) is 62.3 Å². The number of likely N-dealkylation sites (N-methyl/N-ethyl adjacent to an activating group) is 1. The van der Waals surface area contributed by atoms with Crippen LogP contribution < -0.4 is 5.32 Å². The number of nitrogens with one attached hydrogen (secondary N) is 1. The maximum Gasteiger partial charge on any atom is 0.254 e. The van der Waals surface area contributed by atoms with Crippen molar-refractivity contribution >= 4 is 23.6 Å². The molecule has 0 spiro atoms. The fraction of sp³-hybridized carbons (Fsp3) is 0.458. The second kappa shape index (κ2) is 11.7. The summed E-state index contributed by atoms with van der Waals surface area (Å²) in [5.41, 5.74) is 1.61. The van der Waals surface area contributed by atoms with Crippen LogP contribution in [-0.4, -0.2) is 47.6 Å². The third-order valence-electron chi connectivity index (χ3n) is 5.57. The van der Waals surface area contributed by atoms with Gasteiger partial charge in [0, 0.05) is 43.3 Å². The van der Waals surface area contributed by atoms with Crippen LogP contribution in [0.1, 0.15) is 48.2 Å². The number of rotatable bonds is 9. The van der Waals surface area contributed by atoms with Crippen LogP contribution in [0.2, 0.25) is 0 Å². The molecule has 0 aliphatic heterocycles.